The van der Waals surface area contributed by atoms with Gasteiger partial charge in [-0.2, -0.15) is 10.2 Å². The molecule has 2 rings (SSSR count). The molecular formula is C10H6N4O3. The molecule has 0 N–H and O–H groups in total. The number of hydrogen-bond acceptors (Lipinski definition) is 5. The van der Waals surface area contributed by atoms with Crippen LogP contribution in [0, 0.1) is 11.5 Å². The van der Waals surface area contributed by atoms with Crippen LogP contribution in [0.5, 0.6) is 0 Å². The fourth-order valence-corrected chi connectivity index (χ4v) is 1.43. The van der Waals surface area contributed by atoms with Gasteiger partial charge in [0.15, 0.2) is 6.19 Å². The van der Waals surface area contributed by atoms with Crippen LogP contribution in [0.25, 0.3) is 0 Å². The lowest BCUT2D eigenvalue weighted by molar-refractivity contribution is 0.0684. The van der Waals surface area contributed by atoms with Crippen LogP contribution in [0.3, 0.4) is 0 Å². The van der Waals surface area contributed by atoms with Gasteiger partial charge in [-0.15, -0.1) is 0 Å². The molecule has 2 heterocycles. The van der Waals surface area contributed by atoms with E-state index in [0.29, 0.717) is 9.80 Å². The van der Waals surface area contributed by atoms with Crippen LogP contribution < -0.4 is 0 Å². The number of imide groups is 3. The SMILES string of the molecule is CN(C#N)C(=O)N1C(=O)c2cccnc2C1=O. The minimum absolute atomic E-state index is 0.0668. The lowest BCUT2D eigenvalue weighted by Crippen LogP contribution is -2.42. The maximum absolute atomic E-state index is 11.8. The van der Waals surface area contributed by atoms with Crippen molar-refractivity contribution in [3.05, 3.63) is 29.6 Å². The molecular weight excluding hydrogens is 224 g/mol. The first-order valence-electron chi connectivity index (χ1n) is 4.59. The Kier molecular flexibility index (Phi) is 2.33. The van der Waals surface area contributed by atoms with Crippen LogP contribution in [-0.2, 0) is 0 Å². The zero-order valence-electron chi connectivity index (χ0n) is 8.75. The predicted molar refractivity (Wildman–Crippen MR) is 53.5 cm³/mol. The van der Waals surface area contributed by atoms with Gasteiger partial charge in [0.2, 0.25) is 0 Å². The van der Waals surface area contributed by atoms with Crippen LogP contribution >= 0.6 is 0 Å². The monoisotopic (exact) mass is 230 g/mol. The van der Waals surface area contributed by atoms with E-state index in [0.717, 1.165) is 0 Å². The third-order valence-corrected chi connectivity index (χ3v) is 2.28. The smallest absolute Gasteiger partial charge is 0.268 e. The highest BCUT2D eigenvalue weighted by Gasteiger charge is 2.42. The second-order valence-corrected chi connectivity index (χ2v) is 3.29. The Morgan fingerprint density at radius 2 is 2.18 bits per heavy atom. The molecule has 84 valence electrons. The Labute approximate surface area is 95.9 Å². The summed E-state index contributed by atoms with van der Waals surface area (Å²) in [6.45, 7) is 0. The van der Waals surface area contributed by atoms with Crippen molar-refractivity contribution in [2.24, 2.45) is 0 Å². The molecule has 1 aromatic rings. The van der Waals surface area contributed by atoms with Crippen molar-refractivity contribution in [2.45, 2.75) is 0 Å². The summed E-state index contributed by atoms with van der Waals surface area (Å²) >= 11 is 0. The van der Waals surface area contributed by atoms with E-state index in [9.17, 15) is 14.4 Å². The average molecular weight is 230 g/mol. The van der Waals surface area contributed by atoms with Gasteiger partial charge in [0.1, 0.15) is 5.69 Å². The second-order valence-electron chi connectivity index (χ2n) is 3.29. The number of carbonyl (C=O) groups is 3. The number of carbonyl (C=O) groups excluding carboxylic acids is 3. The number of fused-ring (bicyclic) bond motifs is 1. The third-order valence-electron chi connectivity index (χ3n) is 2.28. The molecule has 0 aliphatic carbocycles. The Hall–Kier alpha value is -2.75. The quantitative estimate of drug-likeness (QED) is 0.360. The van der Waals surface area contributed by atoms with Gasteiger partial charge in [-0.3, -0.25) is 14.6 Å². The summed E-state index contributed by atoms with van der Waals surface area (Å²) in [7, 11) is 1.17. The van der Waals surface area contributed by atoms with Gasteiger partial charge >= 0.3 is 6.03 Å². The summed E-state index contributed by atoms with van der Waals surface area (Å²) in [5, 5.41) is 8.55. The molecule has 0 spiro atoms. The van der Waals surface area contributed by atoms with E-state index in [1.54, 1.807) is 0 Å². The predicted octanol–water partition coefficient (Wildman–Crippen LogP) is 0.210. The summed E-state index contributed by atoms with van der Waals surface area (Å²) in [6.07, 6.45) is 2.88. The highest BCUT2D eigenvalue weighted by Crippen LogP contribution is 2.21. The van der Waals surface area contributed by atoms with Crippen molar-refractivity contribution in [1.82, 2.24) is 14.8 Å². The number of aromatic nitrogens is 1. The minimum Gasteiger partial charge on any atom is -0.268 e. The Morgan fingerprint density at radius 3 is 2.76 bits per heavy atom. The maximum atomic E-state index is 11.8. The molecule has 0 atom stereocenters. The zero-order chi connectivity index (χ0) is 12.6. The number of amides is 4. The largest absolute Gasteiger partial charge is 0.347 e. The van der Waals surface area contributed by atoms with Gasteiger partial charge in [-0.1, -0.05) is 0 Å². The van der Waals surface area contributed by atoms with Gasteiger partial charge < -0.3 is 0 Å². The zero-order valence-corrected chi connectivity index (χ0v) is 8.75. The molecule has 1 aliphatic heterocycles. The van der Waals surface area contributed by atoms with Crippen molar-refractivity contribution in [3.63, 3.8) is 0 Å². The molecule has 1 aliphatic rings. The molecule has 4 amide bonds. The minimum atomic E-state index is -0.986. The van der Waals surface area contributed by atoms with E-state index in [-0.39, 0.29) is 11.3 Å². The van der Waals surface area contributed by atoms with Gasteiger partial charge in [0.05, 0.1) is 5.56 Å². The molecule has 0 saturated heterocycles. The van der Waals surface area contributed by atoms with Crippen molar-refractivity contribution in [2.75, 3.05) is 7.05 Å². The number of rotatable bonds is 0. The average Bonchev–Trinajstić information content (AvgIpc) is 2.61. The van der Waals surface area contributed by atoms with Crippen LogP contribution in [0.1, 0.15) is 20.8 Å². The first-order valence-corrected chi connectivity index (χ1v) is 4.59. The number of nitriles is 1. The van der Waals surface area contributed by atoms with E-state index in [4.69, 9.17) is 5.26 Å². The first kappa shape index (κ1) is 10.8. The van der Waals surface area contributed by atoms with Crippen molar-refractivity contribution >= 4 is 17.8 Å². The number of hydrogen-bond donors (Lipinski definition) is 0. The summed E-state index contributed by atoms with van der Waals surface area (Å²) in [5.41, 5.74) is -0.00520. The summed E-state index contributed by atoms with van der Waals surface area (Å²) in [6, 6.07) is 1.91. The normalized spacial score (nSPS) is 13.3. The fourth-order valence-electron chi connectivity index (χ4n) is 1.43. The summed E-state index contributed by atoms with van der Waals surface area (Å²) in [5.74, 6) is -1.57. The van der Waals surface area contributed by atoms with Crippen LogP contribution in [-0.4, -0.2) is 39.7 Å². The molecule has 0 radical (unpaired) electrons. The molecule has 1 aromatic heterocycles. The number of pyridine rings is 1. The van der Waals surface area contributed by atoms with Gasteiger partial charge in [0.25, 0.3) is 11.8 Å². The molecule has 0 aromatic carbocycles. The molecule has 7 nitrogen and oxygen atoms in total. The highest BCUT2D eigenvalue weighted by atomic mass is 16.2. The Bertz CT molecular complexity index is 540. The maximum Gasteiger partial charge on any atom is 0.347 e. The molecule has 0 fully saturated rings. The molecule has 0 bridgehead atoms. The van der Waals surface area contributed by atoms with Crippen LogP contribution in [0.2, 0.25) is 0 Å². The molecule has 7 heteroatoms. The third kappa shape index (κ3) is 1.43. The van der Waals surface area contributed by atoms with E-state index < -0.39 is 17.8 Å². The van der Waals surface area contributed by atoms with E-state index in [2.05, 4.69) is 4.98 Å². The molecule has 0 saturated carbocycles. The van der Waals surface area contributed by atoms with Crippen molar-refractivity contribution in [3.8, 4) is 6.19 Å². The first-order chi connectivity index (χ1) is 8.07. The number of urea groups is 1. The van der Waals surface area contributed by atoms with Gasteiger partial charge in [-0.05, 0) is 12.1 Å². The molecule has 0 unspecified atom stereocenters. The van der Waals surface area contributed by atoms with Crippen LogP contribution in [0.4, 0.5) is 4.79 Å². The second kappa shape index (κ2) is 3.68. The van der Waals surface area contributed by atoms with Gasteiger partial charge in [-0.25, -0.2) is 9.69 Å². The topological polar surface area (TPSA) is 94.4 Å². The van der Waals surface area contributed by atoms with Gasteiger partial charge in [0, 0.05) is 13.2 Å². The van der Waals surface area contributed by atoms with Crippen molar-refractivity contribution in [1.29, 1.82) is 5.26 Å². The Morgan fingerprint density at radius 1 is 1.47 bits per heavy atom. The van der Waals surface area contributed by atoms with Crippen molar-refractivity contribution < 1.29 is 14.4 Å². The highest BCUT2D eigenvalue weighted by molar-refractivity contribution is 6.27. The van der Waals surface area contributed by atoms with E-state index >= 15 is 0 Å². The lowest BCUT2D eigenvalue weighted by Gasteiger charge is -2.14. The lowest BCUT2D eigenvalue weighted by atomic mass is 10.2. The molecule has 17 heavy (non-hydrogen) atoms. The summed E-state index contributed by atoms with van der Waals surface area (Å²) in [4.78, 5) is 39.9. The number of nitrogens with zero attached hydrogens (tertiary/aromatic N) is 4. The van der Waals surface area contributed by atoms with E-state index in [1.807, 2.05) is 0 Å². The Balaban J connectivity index is 2.44. The standard InChI is InChI=1S/C10H6N4O3/c1-13(5-11)10(17)14-8(15)6-3-2-4-12-7(6)9(14)16/h2-4H,1H3. The fraction of sp³-hybridized carbons (Fsp3) is 0.100. The van der Waals surface area contributed by atoms with Crippen LogP contribution in [0.15, 0.2) is 18.3 Å². The van der Waals surface area contributed by atoms with E-state index in [1.165, 1.54) is 31.6 Å². The summed E-state index contributed by atoms with van der Waals surface area (Å²) < 4.78 is 0.